The zero-order valence-corrected chi connectivity index (χ0v) is 25.6. The lowest BCUT2D eigenvalue weighted by Gasteiger charge is -2.20. The van der Waals surface area contributed by atoms with Gasteiger partial charge >= 0.3 is 12.1 Å². The van der Waals surface area contributed by atoms with Crippen LogP contribution in [0.5, 0.6) is 0 Å². The van der Waals surface area contributed by atoms with Crippen molar-refractivity contribution in [3.63, 3.8) is 0 Å². The number of nitrogens with one attached hydrogen (secondary N) is 2. The second kappa shape index (κ2) is 14.8. The molecule has 0 radical (unpaired) electrons. The number of benzene rings is 4. The van der Waals surface area contributed by atoms with Gasteiger partial charge in [-0.05, 0) is 79.6 Å². The zero-order chi connectivity index (χ0) is 33.4. The fraction of sp³-hybridized carbons (Fsp3) is 0.216. The van der Waals surface area contributed by atoms with Crippen LogP contribution in [-0.4, -0.2) is 30.3 Å². The molecular weight excluding hydrogens is 609 g/mol. The van der Waals surface area contributed by atoms with Gasteiger partial charge in [0.05, 0.1) is 12.2 Å². The molecule has 1 aromatic heterocycles. The van der Waals surface area contributed by atoms with Crippen LogP contribution in [0, 0.1) is 0 Å². The first-order valence-corrected chi connectivity index (χ1v) is 15.2. The lowest BCUT2D eigenvalue weighted by Crippen LogP contribution is -2.36. The van der Waals surface area contributed by atoms with Crippen molar-refractivity contribution in [1.29, 1.82) is 0 Å². The van der Waals surface area contributed by atoms with Crippen LogP contribution in [0.4, 0.5) is 24.5 Å². The number of hydrogen-bond acceptors (Lipinski definition) is 6. The molecule has 0 saturated heterocycles. The average molecular weight is 643 g/mol. The van der Waals surface area contributed by atoms with Crippen LogP contribution < -0.4 is 10.6 Å². The maximum absolute atomic E-state index is 13.5. The first kappa shape index (κ1) is 33.0. The Bertz CT molecular complexity index is 1800. The number of rotatable bonds is 13. The zero-order valence-electron chi connectivity index (χ0n) is 25.6. The highest BCUT2D eigenvalue weighted by Gasteiger charge is 2.30. The molecule has 5 rings (SSSR count). The largest absolute Gasteiger partial charge is 0.466 e. The van der Waals surface area contributed by atoms with E-state index in [0.29, 0.717) is 30.0 Å². The second-order valence-electron chi connectivity index (χ2n) is 11.0. The minimum atomic E-state index is -4.49. The number of Topliss-reactive ketones (excluding diaryl/α,β-unsaturated/α-hetero) is 1. The van der Waals surface area contributed by atoms with E-state index in [1.807, 2.05) is 54.6 Å². The Balaban J connectivity index is 1.30. The quantitative estimate of drug-likeness (QED) is 0.0985. The van der Waals surface area contributed by atoms with E-state index in [1.54, 1.807) is 31.2 Å². The Kier molecular flexibility index (Phi) is 10.4. The summed E-state index contributed by atoms with van der Waals surface area (Å²) in [6.07, 6.45) is -3.52. The summed E-state index contributed by atoms with van der Waals surface area (Å²) >= 11 is 0. The summed E-state index contributed by atoms with van der Waals surface area (Å²) in [7, 11) is 0. The first-order valence-electron chi connectivity index (χ1n) is 15.2. The molecule has 242 valence electrons. The first-order chi connectivity index (χ1) is 22.6. The SMILES string of the molecule is CCOC(=O)CCCC(=O)c1ccc(N[C@H](Cc2ccc(-c3cc4ccccc4o3)cc2)C(=O)Nc2ccc(C(F)(F)F)cc2)cc1. The third-order valence-electron chi connectivity index (χ3n) is 7.54. The molecule has 0 aliphatic carbocycles. The van der Waals surface area contributed by atoms with Crippen molar-refractivity contribution in [2.24, 2.45) is 0 Å². The molecule has 7 nitrogen and oxygen atoms in total. The fourth-order valence-electron chi connectivity index (χ4n) is 5.07. The molecule has 0 aliphatic heterocycles. The molecule has 47 heavy (non-hydrogen) atoms. The third-order valence-corrected chi connectivity index (χ3v) is 7.54. The van der Waals surface area contributed by atoms with Gasteiger partial charge in [0, 0.05) is 47.2 Å². The lowest BCUT2D eigenvalue weighted by atomic mass is 10.0. The molecule has 0 aliphatic rings. The Labute approximate surface area is 269 Å². The maximum atomic E-state index is 13.5. The molecular formula is C37H33F3N2O5. The minimum absolute atomic E-state index is 0.123. The molecule has 0 bridgehead atoms. The Morgan fingerprint density at radius 3 is 2.17 bits per heavy atom. The van der Waals surface area contributed by atoms with Crippen molar-refractivity contribution >= 4 is 40.0 Å². The van der Waals surface area contributed by atoms with Gasteiger partial charge in [-0.2, -0.15) is 13.2 Å². The number of hydrogen-bond donors (Lipinski definition) is 2. The number of amides is 1. The number of anilines is 2. The molecule has 0 spiro atoms. The molecule has 4 aromatic carbocycles. The van der Waals surface area contributed by atoms with Crippen LogP contribution in [0.15, 0.2) is 108 Å². The number of para-hydroxylation sites is 1. The number of carbonyl (C=O) groups excluding carboxylic acids is 3. The smallest absolute Gasteiger partial charge is 0.416 e. The Morgan fingerprint density at radius 2 is 1.51 bits per heavy atom. The van der Waals surface area contributed by atoms with Gasteiger partial charge in [-0.15, -0.1) is 0 Å². The topological polar surface area (TPSA) is 97.6 Å². The van der Waals surface area contributed by atoms with E-state index in [9.17, 15) is 27.6 Å². The maximum Gasteiger partial charge on any atom is 0.416 e. The molecule has 2 N–H and O–H groups in total. The molecule has 0 unspecified atom stereocenters. The number of esters is 1. The van der Waals surface area contributed by atoms with Crippen molar-refractivity contribution in [2.45, 2.75) is 44.8 Å². The number of carbonyl (C=O) groups is 3. The van der Waals surface area contributed by atoms with Gasteiger partial charge in [0.15, 0.2) is 5.78 Å². The van der Waals surface area contributed by atoms with Gasteiger partial charge in [0.25, 0.3) is 0 Å². The van der Waals surface area contributed by atoms with Gasteiger partial charge in [-0.25, -0.2) is 0 Å². The van der Waals surface area contributed by atoms with E-state index >= 15 is 0 Å². The van der Waals surface area contributed by atoms with Gasteiger partial charge < -0.3 is 19.8 Å². The fourth-order valence-corrected chi connectivity index (χ4v) is 5.07. The van der Waals surface area contributed by atoms with E-state index in [4.69, 9.17) is 9.15 Å². The van der Waals surface area contributed by atoms with Gasteiger partial charge in [0.2, 0.25) is 5.91 Å². The van der Waals surface area contributed by atoms with Crippen LogP contribution in [-0.2, 0) is 26.9 Å². The monoisotopic (exact) mass is 642 g/mol. The Morgan fingerprint density at radius 1 is 0.830 bits per heavy atom. The Hall–Kier alpha value is -5.38. The van der Waals surface area contributed by atoms with Crippen LogP contribution in [0.2, 0.25) is 0 Å². The van der Waals surface area contributed by atoms with E-state index in [2.05, 4.69) is 10.6 Å². The standard InChI is InChI=1S/C37H33F3N2O5/c1-2-46-35(44)9-5-7-32(43)25-14-18-29(19-15-25)41-31(36(45)42-30-20-16-28(17-21-30)37(38,39)40)22-24-10-12-26(13-11-24)34-23-27-6-3-4-8-33(27)47-34/h3-4,6,8,10-21,23,31,41H,2,5,7,9,22H2,1H3,(H,42,45)/t31-/m1/s1. The summed E-state index contributed by atoms with van der Waals surface area (Å²) in [5, 5.41) is 6.90. The van der Waals surface area contributed by atoms with Crippen molar-refractivity contribution in [1.82, 2.24) is 0 Å². The number of alkyl halides is 3. The van der Waals surface area contributed by atoms with Crippen LogP contribution in [0.3, 0.4) is 0 Å². The molecule has 1 amide bonds. The normalized spacial score (nSPS) is 12.0. The number of ketones is 1. The highest BCUT2D eigenvalue weighted by atomic mass is 19.4. The highest BCUT2D eigenvalue weighted by Crippen LogP contribution is 2.30. The van der Waals surface area contributed by atoms with Crippen LogP contribution in [0.1, 0.15) is 47.7 Å². The second-order valence-corrected chi connectivity index (χ2v) is 11.0. The summed E-state index contributed by atoms with van der Waals surface area (Å²) in [4.78, 5) is 37.7. The van der Waals surface area contributed by atoms with Crippen molar-refractivity contribution < 1.29 is 36.7 Å². The number of halogens is 3. The van der Waals surface area contributed by atoms with Crippen molar-refractivity contribution in [2.75, 3.05) is 17.2 Å². The van der Waals surface area contributed by atoms with Gasteiger partial charge in [-0.1, -0.05) is 42.5 Å². The lowest BCUT2D eigenvalue weighted by molar-refractivity contribution is -0.143. The average Bonchev–Trinajstić information content (AvgIpc) is 3.49. The van der Waals surface area contributed by atoms with Crippen molar-refractivity contribution in [3.8, 4) is 11.3 Å². The summed E-state index contributed by atoms with van der Waals surface area (Å²) in [6, 6.07) is 27.3. The third kappa shape index (κ3) is 8.88. The van der Waals surface area contributed by atoms with E-state index < -0.39 is 23.7 Å². The molecule has 0 saturated carbocycles. The van der Waals surface area contributed by atoms with E-state index in [-0.39, 0.29) is 36.7 Å². The molecule has 1 heterocycles. The van der Waals surface area contributed by atoms with E-state index in [0.717, 1.165) is 34.2 Å². The summed E-state index contributed by atoms with van der Waals surface area (Å²) in [5.74, 6) is -0.208. The molecule has 5 aromatic rings. The summed E-state index contributed by atoms with van der Waals surface area (Å²) in [6.45, 7) is 2.01. The predicted molar refractivity (Wildman–Crippen MR) is 174 cm³/mol. The molecule has 10 heteroatoms. The number of fused-ring (bicyclic) bond motifs is 1. The summed E-state index contributed by atoms with van der Waals surface area (Å²) in [5.41, 5.74) is 2.92. The van der Waals surface area contributed by atoms with Crippen LogP contribution >= 0.6 is 0 Å². The number of furan rings is 1. The molecule has 1 atom stereocenters. The van der Waals surface area contributed by atoms with E-state index in [1.165, 1.54) is 12.1 Å². The number of ether oxygens (including phenoxy) is 1. The summed E-state index contributed by atoms with van der Waals surface area (Å²) < 4.78 is 50.0. The minimum Gasteiger partial charge on any atom is -0.466 e. The van der Waals surface area contributed by atoms with Crippen molar-refractivity contribution in [3.05, 3.63) is 120 Å². The predicted octanol–water partition coefficient (Wildman–Crippen LogP) is 8.70. The molecule has 0 fully saturated rings. The van der Waals surface area contributed by atoms with Crippen LogP contribution in [0.25, 0.3) is 22.3 Å². The van der Waals surface area contributed by atoms with Gasteiger partial charge in [0.1, 0.15) is 17.4 Å². The van der Waals surface area contributed by atoms with Gasteiger partial charge in [-0.3, -0.25) is 14.4 Å². The highest BCUT2D eigenvalue weighted by molar-refractivity contribution is 5.98.